The maximum Gasteiger partial charge on any atom is 0.243 e. The van der Waals surface area contributed by atoms with Gasteiger partial charge < -0.3 is 0 Å². The second kappa shape index (κ2) is 5.60. The first-order chi connectivity index (χ1) is 9.57. The summed E-state index contributed by atoms with van der Waals surface area (Å²) in [6.07, 6.45) is 0.899. The molecule has 1 aromatic heterocycles. The largest absolute Gasteiger partial charge is 0.243 e. The van der Waals surface area contributed by atoms with Crippen LogP contribution in [0.15, 0.2) is 51.1 Å². The Kier molecular flexibility index (Phi) is 3.99. The number of hydrogen-bond donors (Lipinski definition) is 0. The number of halogens is 1. The molecule has 0 bridgehead atoms. The maximum atomic E-state index is 12.6. The van der Waals surface area contributed by atoms with E-state index in [0.717, 1.165) is 10.9 Å². The van der Waals surface area contributed by atoms with E-state index in [1.54, 1.807) is 39.9 Å². The molecule has 6 heteroatoms. The molecule has 0 N–H and O–H groups in total. The second-order valence-electron chi connectivity index (χ2n) is 4.82. The molecule has 20 heavy (non-hydrogen) atoms. The molecule has 106 valence electrons. The molecule has 2 aromatic rings. The molecule has 2 heterocycles. The highest BCUT2D eigenvalue weighted by Gasteiger charge is 2.33. The van der Waals surface area contributed by atoms with Gasteiger partial charge in [0.1, 0.15) is 0 Å². The Hall–Kier alpha value is -0.690. The van der Waals surface area contributed by atoms with Gasteiger partial charge >= 0.3 is 0 Å². The van der Waals surface area contributed by atoms with E-state index in [-0.39, 0.29) is 0 Å². The third-order valence-corrected chi connectivity index (χ3v) is 6.99. The lowest BCUT2D eigenvalue weighted by Crippen LogP contribution is -2.28. The van der Waals surface area contributed by atoms with Crippen molar-refractivity contribution in [3.05, 3.63) is 51.1 Å². The van der Waals surface area contributed by atoms with Gasteiger partial charge in [-0.3, -0.25) is 0 Å². The summed E-state index contributed by atoms with van der Waals surface area (Å²) in [6.45, 7) is 1.18. The van der Waals surface area contributed by atoms with Gasteiger partial charge in [0.15, 0.2) is 0 Å². The van der Waals surface area contributed by atoms with Crippen LogP contribution in [0.5, 0.6) is 0 Å². The first-order valence-electron chi connectivity index (χ1n) is 6.36. The Morgan fingerprint density at radius 1 is 1.20 bits per heavy atom. The summed E-state index contributed by atoms with van der Waals surface area (Å²) in [5.41, 5.74) is 0. The summed E-state index contributed by atoms with van der Waals surface area (Å²) in [7, 11) is -3.36. The van der Waals surface area contributed by atoms with Crippen LogP contribution in [-0.4, -0.2) is 25.8 Å². The van der Waals surface area contributed by atoms with Crippen molar-refractivity contribution in [1.82, 2.24) is 4.31 Å². The van der Waals surface area contributed by atoms with Crippen LogP contribution in [0.1, 0.15) is 17.2 Å². The lowest BCUT2D eigenvalue weighted by Gasteiger charge is -2.16. The van der Waals surface area contributed by atoms with Crippen molar-refractivity contribution in [1.29, 1.82) is 0 Å². The minimum absolute atomic E-state index is 0.334. The van der Waals surface area contributed by atoms with Crippen LogP contribution in [0.4, 0.5) is 0 Å². The maximum absolute atomic E-state index is 12.6. The molecule has 1 saturated heterocycles. The molecule has 1 unspecified atom stereocenters. The van der Waals surface area contributed by atoms with E-state index in [1.165, 1.54) is 4.88 Å². The van der Waals surface area contributed by atoms with Gasteiger partial charge in [-0.2, -0.15) is 4.31 Å². The summed E-state index contributed by atoms with van der Waals surface area (Å²) in [4.78, 5) is 1.64. The number of rotatable bonds is 3. The van der Waals surface area contributed by atoms with Gasteiger partial charge in [0.05, 0.1) is 4.90 Å². The fourth-order valence-corrected chi connectivity index (χ4v) is 5.08. The minimum Gasteiger partial charge on any atom is -0.207 e. The van der Waals surface area contributed by atoms with Crippen LogP contribution < -0.4 is 0 Å². The SMILES string of the molecule is O=S(=O)(c1ccc(Br)cc1)N1CCC(c2cccs2)C1. The Balaban J connectivity index is 1.81. The zero-order valence-corrected chi connectivity index (χ0v) is 13.9. The molecule has 1 atom stereocenters. The Morgan fingerprint density at radius 2 is 1.95 bits per heavy atom. The Labute approximate surface area is 131 Å². The molecule has 1 aliphatic rings. The van der Waals surface area contributed by atoms with E-state index in [1.807, 2.05) is 11.4 Å². The molecular weight excluding hydrogens is 358 g/mol. The van der Waals surface area contributed by atoms with Gasteiger partial charge in [0, 0.05) is 28.4 Å². The molecule has 1 aromatic carbocycles. The lowest BCUT2D eigenvalue weighted by atomic mass is 10.1. The molecule has 0 aliphatic carbocycles. The highest BCUT2D eigenvalue weighted by atomic mass is 79.9. The average molecular weight is 372 g/mol. The molecule has 3 nitrogen and oxygen atoms in total. The van der Waals surface area contributed by atoms with Gasteiger partial charge in [0.2, 0.25) is 10.0 Å². The predicted molar refractivity (Wildman–Crippen MR) is 84.6 cm³/mol. The second-order valence-corrected chi connectivity index (χ2v) is 8.65. The van der Waals surface area contributed by atoms with E-state index in [9.17, 15) is 8.42 Å². The predicted octanol–water partition coefficient (Wildman–Crippen LogP) is 3.69. The van der Waals surface area contributed by atoms with Crippen molar-refractivity contribution >= 4 is 37.3 Å². The van der Waals surface area contributed by atoms with Crippen LogP contribution in [0, 0.1) is 0 Å². The molecule has 0 saturated carbocycles. The van der Waals surface area contributed by atoms with Gasteiger partial charge in [-0.15, -0.1) is 11.3 Å². The number of thiophene rings is 1. The van der Waals surface area contributed by atoms with Crippen molar-refractivity contribution in [2.75, 3.05) is 13.1 Å². The number of benzene rings is 1. The smallest absolute Gasteiger partial charge is 0.207 e. The van der Waals surface area contributed by atoms with Gasteiger partial charge in [-0.05, 0) is 42.1 Å². The van der Waals surface area contributed by atoms with Gasteiger partial charge in [-0.25, -0.2) is 8.42 Å². The first kappa shape index (κ1) is 14.3. The minimum atomic E-state index is -3.36. The highest BCUT2D eigenvalue weighted by Crippen LogP contribution is 2.33. The monoisotopic (exact) mass is 371 g/mol. The number of nitrogens with zero attached hydrogens (tertiary/aromatic N) is 1. The Bertz CT molecular complexity index is 680. The van der Waals surface area contributed by atoms with E-state index in [4.69, 9.17) is 0 Å². The highest BCUT2D eigenvalue weighted by molar-refractivity contribution is 9.10. The van der Waals surface area contributed by atoms with Crippen LogP contribution in [0.2, 0.25) is 0 Å². The van der Waals surface area contributed by atoms with E-state index in [0.29, 0.717) is 23.9 Å². The fraction of sp³-hybridized carbons (Fsp3) is 0.286. The third-order valence-electron chi connectivity index (χ3n) is 3.55. The quantitative estimate of drug-likeness (QED) is 0.824. The summed E-state index contributed by atoms with van der Waals surface area (Å²) < 4.78 is 27.6. The lowest BCUT2D eigenvalue weighted by molar-refractivity contribution is 0.473. The van der Waals surface area contributed by atoms with Crippen LogP contribution in [0.3, 0.4) is 0 Å². The van der Waals surface area contributed by atoms with Crippen LogP contribution in [-0.2, 0) is 10.0 Å². The van der Waals surface area contributed by atoms with Crippen LogP contribution >= 0.6 is 27.3 Å². The van der Waals surface area contributed by atoms with Gasteiger partial charge in [0.25, 0.3) is 0 Å². The first-order valence-corrected chi connectivity index (χ1v) is 9.48. The number of sulfonamides is 1. The van der Waals surface area contributed by atoms with Crippen molar-refractivity contribution in [2.45, 2.75) is 17.2 Å². The van der Waals surface area contributed by atoms with E-state index >= 15 is 0 Å². The molecule has 0 spiro atoms. The zero-order chi connectivity index (χ0) is 14.2. The summed E-state index contributed by atoms with van der Waals surface area (Å²) >= 11 is 5.03. The topological polar surface area (TPSA) is 37.4 Å². The van der Waals surface area contributed by atoms with E-state index in [2.05, 4.69) is 22.0 Å². The van der Waals surface area contributed by atoms with Crippen LogP contribution in [0.25, 0.3) is 0 Å². The van der Waals surface area contributed by atoms with Crippen molar-refractivity contribution in [2.24, 2.45) is 0 Å². The molecule has 1 fully saturated rings. The third kappa shape index (κ3) is 2.70. The standard InChI is InChI=1S/C14H14BrNO2S2/c15-12-3-5-13(6-4-12)20(17,18)16-8-7-11(10-16)14-2-1-9-19-14/h1-6,9,11H,7-8,10H2. The normalized spacial score (nSPS) is 20.4. The fourth-order valence-electron chi connectivity index (χ4n) is 2.46. The molecule has 1 aliphatic heterocycles. The zero-order valence-electron chi connectivity index (χ0n) is 10.7. The summed E-state index contributed by atoms with van der Waals surface area (Å²) in [5, 5.41) is 2.04. The molecule has 3 rings (SSSR count). The summed E-state index contributed by atoms with van der Waals surface area (Å²) in [5.74, 6) is 0.334. The van der Waals surface area contributed by atoms with Crippen molar-refractivity contribution in [3.8, 4) is 0 Å². The molecule has 0 radical (unpaired) electrons. The molecular formula is C14H14BrNO2S2. The molecule has 0 amide bonds. The van der Waals surface area contributed by atoms with E-state index < -0.39 is 10.0 Å². The van der Waals surface area contributed by atoms with Crippen molar-refractivity contribution in [3.63, 3.8) is 0 Å². The average Bonchev–Trinajstić information content (AvgIpc) is 3.10. The summed E-state index contributed by atoms with van der Waals surface area (Å²) in [6, 6.07) is 10.9. The van der Waals surface area contributed by atoms with Crippen molar-refractivity contribution < 1.29 is 8.42 Å². The Morgan fingerprint density at radius 3 is 2.60 bits per heavy atom. The van der Waals surface area contributed by atoms with Gasteiger partial charge in [-0.1, -0.05) is 22.0 Å². The number of hydrogen-bond acceptors (Lipinski definition) is 3.